The van der Waals surface area contributed by atoms with Gasteiger partial charge < -0.3 is 9.73 Å². The second kappa shape index (κ2) is 7.16. The van der Waals surface area contributed by atoms with E-state index in [0.29, 0.717) is 12.6 Å². The highest BCUT2D eigenvalue weighted by molar-refractivity contribution is 5.13. The molecule has 0 aliphatic carbocycles. The van der Waals surface area contributed by atoms with Crippen molar-refractivity contribution >= 4 is 0 Å². The summed E-state index contributed by atoms with van der Waals surface area (Å²) in [5.41, 5.74) is 1.19. The first kappa shape index (κ1) is 13.8. The van der Waals surface area contributed by atoms with Crippen molar-refractivity contribution < 1.29 is 4.42 Å². The van der Waals surface area contributed by atoms with Crippen molar-refractivity contribution in [3.63, 3.8) is 0 Å². The third-order valence-electron chi connectivity index (χ3n) is 2.56. The number of nitrogens with one attached hydrogen (secondary N) is 1. The van der Waals surface area contributed by atoms with E-state index in [1.807, 2.05) is 6.26 Å². The van der Waals surface area contributed by atoms with Gasteiger partial charge in [-0.05, 0) is 12.6 Å². The molecule has 1 aromatic rings. The Labute approximate surface area is 104 Å². The first-order chi connectivity index (χ1) is 8.15. The molecule has 0 fully saturated rings. The first-order valence-corrected chi connectivity index (χ1v) is 6.11. The van der Waals surface area contributed by atoms with Crippen LogP contribution in [0.2, 0.25) is 0 Å². The molecule has 0 aliphatic rings. The Hall–Kier alpha value is -1.24. The summed E-state index contributed by atoms with van der Waals surface area (Å²) in [6, 6.07) is 2.58. The standard InChI is InChI=1S/C14H22N2O/c1-5-7-16(6-2)10-14-8-13(11-17-14)9-15-12(3)4/h1,8,11-12,15H,6-7,9-10H2,2-4H3. The lowest BCUT2D eigenvalue weighted by molar-refractivity contribution is 0.285. The Morgan fingerprint density at radius 1 is 1.53 bits per heavy atom. The van der Waals surface area contributed by atoms with Gasteiger partial charge in [0.25, 0.3) is 0 Å². The van der Waals surface area contributed by atoms with Gasteiger partial charge in [0.2, 0.25) is 0 Å². The minimum Gasteiger partial charge on any atom is -0.468 e. The van der Waals surface area contributed by atoms with Gasteiger partial charge in [-0.2, -0.15) is 0 Å². The number of furan rings is 1. The zero-order chi connectivity index (χ0) is 12.7. The summed E-state index contributed by atoms with van der Waals surface area (Å²) < 4.78 is 5.53. The van der Waals surface area contributed by atoms with Crippen molar-refractivity contribution in [3.8, 4) is 12.3 Å². The minimum atomic E-state index is 0.488. The van der Waals surface area contributed by atoms with Crippen LogP contribution >= 0.6 is 0 Å². The Kier molecular flexibility index (Phi) is 5.82. The predicted molar refractivity (Wildman–Crippen MR) is 70.5 cm³/mol. The van der Waals surface area contributed by atoms with E-state index >= 15 is 0 Å². The van der Waals surface area contributed by atoms with Gasteiger partial charge in [0.05, 0.1) is 19.4 Å². The van der Waals surface area contributed by atoms with Gasteiger partial charge >= 0.3 is 0 Å². The molecule has 0 amide bonds. The number of rotatable bonds is 7. The van der Waals surface area contributed by atoms with E-state index in [0.717, 1.165) is 25.4 Å². The maximum atomic E-state index is 5.53. The summed E-state index contributed by atoms with van der Waals surface area (Å²) in [5, 5.41) is 3.36. The van der Waals surface area contributed by atoms with Gasteiger partial charge in [-0.25, -0.2) is 0 Å². The lowest BCUT2D eigenvalue weighted by Crippen LogP contribution is -2.23. The van der Waals surface area contributed by atoms with Crippen LogP contribution in [0.1, 0.15) is 32.1 Å². The summed E-state index contributed by atoms with van der Waals surface area (Å²) in [5.74, 6) is 3.63. The molecule has 0 spiro atoms. The third-order valence-corrected chi connectivity index (χ3v) is 2.56. The fraction of sp³-hybridized carbons (Fsp3) is 0.571. The van der Waals surface area contributed by atoms with E-state index < -0.39 is 0 Å². The van der Waals surface area contributed by atoms with E-state index in [1.54, 1.807) is 0 Å². The van der Waals surface area contributed by atoms with Gasteiger partial charge in [0, 0.05) is 18.2 Å². The van der Waals surface area contributed by atoms with Gasteiger partial charge in [0.15, 0.2) is 0 Å². The van der Waals surface area contributed by atoms with Crippen molar-refractivity contribution in [1.29, 1.82) is 0 Å². The highest BCUT2D eigenvalue weighted by Gasteiger charge is 2.06. The molecule has 0 unspecified atom stereocenters. The first-order valence-electron chi connectivity index (χ1n) is 6.11. The quantitative estimate of drug-likeness (QED) is 0.733. The van der Waals surface area contributed by atoms with E-state index in [4.69, 9.17) is 10.8 Å². The van der Waals surface area contributed by atoms with Crippen LogP contribution in [0.5, 0.6) is 0 Å². The summed E-state index contributed by atoms with van der Waals surface area (Å²) >= 11 is 0. The van der Waals surface area contributed by atoms with Crippen molar-refractivity contribution in [3.05, 3.63) is 23.7 Å². The van der Waals surface area contributed by atoms with Crippen LogP contribution in [-0.2, 0) is 13.1 Å². The molecular weight excluding hydrogens is 212 g/mol. The maximum Gasteiger partial charge on any atom is 0.118 e. The summed E-state index contributed by atoms with van der Waals surface area (Å²) in [4.78, 5) is 2.17. The Bertz CT molecular complexity index is 363. The number of nitrogens with zero attached hydrogens (tertiary/aromatic N) is 1. The molecule has 0 radical (unpaired) electrons. The Morgan fingerprint density at radius 2 is 2.29 bits per heavy atom. The van der Waals surface area contributed by atoms with Crippen LogP contribution in [0.25, 0.3) is 0 Å². The van der Waals surface area contributed by atoms with Crippen LogP contribution in [0.15, 0.2) is 16.7 Å². The molecule has 1 aromatic heterocycles. The number of terminal acetylenes is 1. The minimum absolute atomic E-state index is 0.488. The van der Waals surface area contributed by atoms with Crippen LogP contribution in [0.3, 0.4) is 0 Å². The maximum absolute atomic E-state index is 5.53. The highest BCUT2D eigenvalue weighted by atomic mass is 16.3. The van der Waals surface area contributed by atoms with E-state index in [2.05, 4.69) is 43.0 Å². The zero-order valence-corrected chi connectivity index (χ0v) is 11.0. The molecule has 0 aliphatic heterocycles. The van der Waals surface area contributed by atoms with E-state index in [-0.39, 0.29) is 0 Å². The van der Waals surface area contributed by atoms with Gasteiger partial charge in [-0.3, -0.25) is 4.90 Å². The molecular formula is C14H22N2O. The normalized spacial score (nSPS) is 11.1. The molecule has 17 heavy (non-hydrogen) atoms. The molecule has 0 saturated heterocycles. The monoisotopic (exact) mass is 234 g/mol. The van der Waals surface area contributed by atoms with Gasteiger partial charge in [-0.1, -0.05) is 26.7 Å². The van der Waals surface area contributed by atoms with Crippen molar-refractivity contribution in [2.45, 2.75) is 39.9 Å². The molecule has 1 heterocycles. The van der Waals surface area contributed by atoms with Crippen LogP contribution < -0.4 is 5.32 Å². The average Bonchev–Trinajstić information content (AvgIpc) is 2.73. The van der Waals surface area contributed by atoms with E-state index in [9.17, 15) is 0 Å². The van der Waals surface area contributed by atoms with Crippen molar-refractivity contribution in [2.24, 2.45) is 0 Å². The zero-order valence-electron chi connectivity index (χ0n) is 11.0. The predicted octanol–water partition coefficient (Wildman–Crippen LogP) is 2.23. The fourth-order valence-electron chi connectivity index (χ4n) is 1.55. The van der Waals surface area contributed by atoms with Crippen LogP contribution in [0, 0.1) is 12.3 Å². The average molecular weight is 234 g/mol. The SMILES string of the molecule is C#CCN(CC)Cc1cc(CNC(C)C)co1. The largest absolute Gasteiger partial charge is 0.468 e. The van der Waals surface area contributed by atoms with Gasteiger partial charge in [-0.15, -0.1) is 6.42 Å². The lowest BCUT2D eigenvalue weighted by atomic mass is 10.2. The number of hydrogen-bond donors (Lipinski definition) is 1. The molecule has 0 saturated carbocycles. The lowest BCUT2D eigenvalue weighted by Gasteiger charge is -2.14. The molecule has 1 rings (SSSR count). The third kappa shape index (κ3) is 5.08. The molecule has 1 N–H and O–H groups in total. The number of hydrogen-bond acceptors (Lipinski definition) is 3. The Balaban J connectivity index is 2.47. The fourth-order valence-corrected chi connectivity index (χ4v) is 1.55. The second-order valence-corrected chi connectivity index (χ2v) is 4.46. The van der Waals surface area contributed by atoms with Crippen LogP contribution in [0.4, 0.5) is 0 Å². The summed E-state index contributed by atoms with van der Waals surface area (Å²) in [6.07, 6.45) is 7.13. The Morgan fingerprint density at radius 3 is 2.88 bits per heavy atom. The summed E-state index contributed by atoms with van der Waals surface area (Å²) in [7, 11) is 0. The molecule has 0 aromatic carbocycles. The summed E-state index contributed by atoms with van der Waals surface area (Å²) in [6.45, 7) is 9.59. The van der Waals surface area contributed by atoms with Crippen molar-refractivity contribution in [2.75, 3.05) is 13.1 Å². The highest BCUT2D eigenvalue weighted by Crippen LogP contribution is 2.10. The van der Waals surface area contributed by atoms with Gasteiger partial charge in [0.1, 0.15) is 5.76 Å². The topological polar surface area (TPSA) is 28.4 Å². The smallest absolute Gasteiger partial charge is 0.118 e. The molecule has 3 nitrogen and oxygen atoms in total. The second-order valence-electron chi connectivity index (χ2n) is 4.46. The van der Waals surface area contributed by atoms with Crippen LogP contribution in [-0.4, -0.2) is 24.0 Å². The molecule has 0 bridgehead atoms. The molecule has 94 valence electrons. The molecule has 3 heteroatoms. The van der Waals surface area contributed by atoms with E-state index in [1.165, 1.54) is 5.56 Å². The van der Waals surface area contributed by atoms with Crippen molar-refractivity contribution in [1.82, 2.24) is 10.2 Å². The molecule has 0 atom stereocenters.